The molecule has 2 rings (SSSR count). The Morgan fingerprint density at radius 2 is 2.40 bits per heavy atom. The molecule has 1 aromatic carbocycles. The topological polar surface area (TPSA) is 38.3 Å². The fraction of sp³-hybridized carbons (Fsp3) is 0.364. The number of ether oxygens (including phenoxy) is 1. The summed E-state index contributed by atoms with van der Waals surface area (Å²) in [7, 11) is 0. The van der Waals surface area contributed by atoms with Crippen molar-refractivity contribution in [2.45, 2.75) is 18.2 Å². The monoisotopic (exact) mass is 223 g/mol. The van der Waals surface area contributed by atoms with Crippen molar-refractivity contribution in [2.75, 3.05) is 17.7 Å². The second-order valence-corrected chi connectivity index (χ2v) is 4.51. The number of amides is 1. The van der Waals surface area contributed by atoms with Crippen LogP contribution in [0.2, 0.25) is 0 Å². The molecule has 0 aromatic heterocycles. The van der Waals surface area contributed by atoms with Gasteiger partial charge < -0.3 is 10.1 Å². The van der Waals surface area contributed by atoms with Crippen LogP contribution in [0.15, 0.2) is 23.1 Å². The quantitative estimate of drug-likeness (QED) is 0.800. The van der Waals surface area contributed by atoms with Crippen molar-refractivity contribution in [3.63, 3.8) is 0 Å². The van der Waals surface area contributed by atoms with E-state index in [1.807, 2.05) is 18.2 Å². The van der Waals surface area contributed by atoms with Gasteiger partial charge >= 0.3 is 0 Å². The van der Waals surface area contributed by atoms with E-state index in [1.54, 1.807) is 11.8 Å². The van der Waals surface area contributed by atoms with Crippen molar-refractivity contribution >= 4 is 23.4 Å². The number of thioether (sulfide) groups is 1. The number of hydrogen-bond acceptors (Lipinski definition) is 3. The zero-order valence-corrected chi connectivity index (χ0v) is 9.39. The third kappa shape index (κ3) is 2.45. The second-order valence-electron chi connectivity index (χ2n) is 3.34. The first kappa shape index (κ1) is 10.4. The highest BCUT2D eigenvalue weighted by Crippen LogP contribution is 2.32. The third-order valence-corrected chi connectivity index (χ3v) is 3.26. The van der Waals surface area contributed by atoms with Gasteiger partial charge in [0.15, 0.2) is 6.61 Å². The summed E-state index contributed by atoms with van der Waals surface area (Å²) in [5, 5.41) is 2.80. The summed E-state index contributed by atoms with van der Waals surface area (Å²) in [6.45, 7) is 2.27. The van der Waals surface area contributed by atoms with Gasteiger partial charge in [0, 0.05) is 4.90 Å². The summed E-state index contributed by atoms with van der Waals surface area (Å²) in [6.07, 6.45) is 1.14. The maximum atomic E-state index is 11.1. The molecule has 15 heavy (non-hydrogen) atoms. The van der Waals surface area contributed by atoms with Crippen LogP contribution in [-0.4, -0.2) is 18.3 Å². The van der Waals surface area contributed by atoms with Crippen LogP contribution in [0.25, 0.3) is 0 Å². The van der Waals surface area contributed by atoms with E-state index in [2.05, 4.69) is 12.2 Å². The first-order valence-corrected chi connectivity index (χ1v) is 5.97. The highest BCUT2D eigenvalue weighted by molar-refractivity contribution is 7.99. The van der Waals surface area contributed by atoms with Crippen molar-refractivity contribution in [2.24, 2.45) is 0 Å². The number of benzene rings is 1. The normalized spacial score (nSPS) is 14.1. The van der Waals surface area contributed by atoms with Crippen LogP contribution in [0, 0.1) is 0 Å². The van der Waals surface area contributed by atoms with Crippen LogP contribution < -0.4 is 10.1 Å². The standard InChI is InChI=1S/C11H13NO2S/c1-2-5-15-8-3-4-10-9(6-8)12-11(13)7-14-10/h3-4,6H,2,5,7H2,1H3,(H,12,13). The van der Waals surface area contributed by atoms with E-state index in [0.29, 0.717) is 0 Å². The summed E-state index contributed by atoms with van der Waals surface area (Å²) in [5.74, 6) is 1.77. The molecular weight excluding hydrogens is 210 g/mol. The van der Waals surface area contributed by atoms with Gasteiger partial charge in [0.25, 0.3) is 5.91 Å². The van der Waals surface area contributed by atoms with Crippen LogP contribution in [0.5, 0.6) is 5.75 Å². The van der Waals surface area contributed by atoms with Gasteiger partial charge in [-0.1, -0.05) is 6.92 Å². The van der Waals surface area contributed by atoms with Gasteiger partial charge in [0.2, 0.25) is 0 Å². The summed E-state index contributed by atoms with van der Waals surface area (Å²) >= 11 is 1.79. The van der Waals surface area contributed by atoms with E-state index in [4.69, 9.17) is 4.74 Å². The fourth-order valence-corrected chi connectivity index (χ4v) is 2.18. The Labute approximate surface area is 93.2 Å². The Kier molecular flexibility index (Phi) is 3.16. The van der Waals surface area contributed by atoms with Gasteiger partial charge in [-0.3, -0.25) is 4.79 Å². The molecule has 0 spiro atoms. The molecule has 0 saturated heterocycles. The van der Waals surface area contributed by atoms with Gasteiger partial charge in [-0.25, -0.2) is 0 Å². The smallest absolute Gasteiger partial charge is 0.262 e. The van der Waals surface area contributed by atoms with E-state index in [1.165, 1.54) is 4.90 Å². The molecule has 4 heteroatoms. The fourth-order valence-electron chi connectivity index (χ4n) is 1.37. The highest BCUT2D eigenvalue weighted by Gasteiger charge is 2.15. The molecule has 1 aliphatic rings. The molecule has 1 aromatic rings. The summed E-state index contributed by atoms with van der Waals surface area (Å²) in [5.41, 5.74) is 0.785. The zero-order chi connectivity index (χ0) is 10.7. The van der Waals surface area contributed by atoms with Gasteiger partial charge in [0.05, 0.1) is 5.69 Å². The Hall–Kier alpha value is -1.16. The average molecular weight is 223 g/mol. The van der Waals surface area contributed by atoms with Crippen LogP contribution in [0.4, 0.5) is 5.69 Å². The first-order valence-electron chi connectivity index (χ1n) is 4.99. The number of carbonyl (C=O) groups is 1. The number of nitrogens with one attached hydrogen (secondary N) is 1. The first-order chi connectivity index (χ1) is 7.29. The van der Waals surface area contributed by atoms with Crippen LogP contribution in [-0.2, 0) is 4.79 Å². The summed E-state index contributed by atoms with van der Waals surface area (Å²) < 4.78 is 5.27. The lowest BCUT2D eigenvalue weighted by Gasteiger charge is -2.18. The highest BCUT2D eigenvalue weighted by atomic mass is 32.2. The molecule has 80 valence electrons. The van der Waals surface area contributed by atoms with Crippen LogP contribution in [0.1, 0.15) is 13.3 Å². The summed E-state index contributed by atoms with van der Waals surface area (Å²) in [6, 6.07) is 5.90. The van der Waals surface area contributed by atoms with Crippen molar-refractivity contribution in [3.05, 3.63) is 18.2 Å². The van der Waals surface area contributed by atoms with Gasteiger partial charge in [-0.15, -0.1) is 11.8 Å². The number of carbonyl (C=O) groups excluding carboxylic acids is 1. The van der Waals surface area contributed by atoms with E-state index >= 15 is 0 Å². The Morgan fingerprint density at radius 1 is 1.53 bits per heavy atom. The Balaban J connectivity index is 2.17. The molecule has 1 heterocycles. The Bertz CT molecular complexity index is 379. The summed E-state index contributed by atoms with van der Waals surface area (Å²) in [4.78, 5) is 12.3. The average Bonchev–Trinajstić information content (AvgIpc) is 2.25. The van der Waals surface area contributed by atoms with Crippen LogP contribution >= 0.6 is 11.8 Å². The number of hydrogen-bond donors (Lipinski definition) is 1. The molecule has 0 saturated carbocycles. The van der Waals surface area contributed by atoms with E-state index in [9.17, 15) is 4.79 Å². The molecule has 0 aliphatic carbocycles. The molecule has 3 nitrogen and oxygen atoms in total. The maximum absolute atomic E-state index is 11.1. The molecule has 1 amide bonds. The van der Waals surface area contributed by atoms with Crippen molar-refractivity contribution < 1.29 is 9.53 Å². The van der Waals surface area contributed by atoms with Crippen LogP contribution in [0.3, 0.4) is 0 Å². The molecule has 0 unspecified atom stereocenters. The lowest BCUT2D eigenvalue weighted by Crippen LogP contribution is -2.25. The zero-order valence-electron chi connectivity index (χ0n) is 8.58. The molecule has 0 fully saturated rings. The molecular formula is C11H13NO2S. The van der Waals surface area contributed by atoms with E-state index < -0.39 is 0 Å². The predicted octanol–water partition coefficient (Wildman–Crippen LogP) is 2.52. The SMILES string of the molecule is CCCSc1ccc2c(c1)NC(=O)CO2. The molecule has 1 N–H and O–H groups in total. The molecule has 1 aliphatic heterocycles. The number of fused-ring (bicyclic) bond motifs is 1. The van der Waals surface area contributed by atoms with Crippen molar-refractivity contribution in [1.29, 1.82) is 0 Å². The largest absolute Gasteiger partial charge is 0.482 e. The molecule has 0 radical (unpaired) electrons. The third-order valence-electron chi connectivity index (χ3n) is 2.06. The second kappa shape index (κ2) is 4.57. The number of anilines is 1. The van der Waals surface area contributed by atoms with Crippen molar-refractivity contribution in [3.8, 4) is 5.75 Å². The van der Waals surface area contributed by atoms with E-state index in [-0.39, 0.29) is 12.5 Å². The van der Waals surface area contributed by atoms with Gasteiger partial charge in [0.1, 0.15) is 5.75 Å². The predicted molar refractivity (Wildman–Crippen MR) is 61.6 cm³/mol. The van der Waals surface area contributed by atoms with E-state index in [0.717, 1.165) is 23.6 Å². The lowest BCUT2D eigenvalue weighted by atomic mass is 10.2. The minimum atomic E-state index is -0.0832. The Morgan fingerprint density at radius 3 is 3.20 bits per heavy atom. The molecule has 0 bridgehead atoms. The lowest BCUT2D eigenvalue weighted by molar-refractivity contribution is -0.118. The van der Waals surface area contributed by atoms with Crippen molar-refractivity contribution in [1.82, 2.24) is 0 Å². The minimum Gasteiger partial charge on any atom is -0.482 e. The molecule has 0 atom stereocenters. The van der Waals surface area contributed by atoms with Gasteiger partial charge in [-0.05, 0) is 30.4 Å². The maximum Gasteiger partial charge on any atom is 0.262 e. The van der Waals surface area contributed by atoms with Gasteiger partial charge in [-0.2, -0.15) is 0 Å². The minimum absolute atomic E-state index is 0.0832. The number of rotatable bonds is 3.